The van der Waals surface area contributed by atoms with Crippen molar-refractivity contribution in [1.82, 2.24) is 10.2 Å². The summed E-state index contributed by atoms with van der Waals surface area (Å²) >= 11 is 0. The van der Waals surface area contributed by atoms with Gasteiger partial charge in [0.1, 0.15) is 6.42 Å². The highest BCUT2D eigenvalue weighted by Crippen LogP contribution is 1.93. The molecule has 0 heterocycles. The molecule has 0 saturated heterocycles. The molecule has 0 aliphatic rings. The molecule has 0 aromatic carbocycles. The van der Waals surface area contributed by atoms with Gasteiger partial charge in [0, 0.05) is 13.1 Å². The third kappa shape index (κ3) is 3.56. The average Bonchev–Trinajstić information content (AvgIpc) is 2.06. The Kier molecular flexibility index (Phi) is 5.28. The predicted molar refractivity (Wildman–Crippen MR) is 46.7 cm³/mol. The normalized spacial score (nSPS) is 8.69. The topological polar surface area (TPSA) is 73.2 Å². The molecule has 0 aliphatic carbocycles. The Labute approximate surface area is 77.3 Å². The number of amides is 3. The van der Waals surface area contributed by atoms with Crippen molar-refractivity contribution in [3.05, 3.63) is 0 Å². The van der Waals surface area contributed by atoms with Crippen molar-refractivity contribution in [3.8, 4) is 6.07 Å². The van der Waals surface area contributed by atoms with E-state index >= 15 is 0 Å². The largest absolute Gasteiger partial charge is 0.338 e. The van der Waals surface area contributed by atoms with Crippen molar-refractivity contribution in [1.29, 1.82) is 5.26 Å². The van der Waals surface area contributed by atoms with Crippen molar-refractivity contribution in [2.45, 2.75) is 20.3 Å². The molecule has 0 aromatic rings. The average molecular weight is 183 g/mol. The van der Waals surface area contributed by atoms with Crippen molar-refractivity contribution in [2.75, 3.05) is 13.1 Å². The summed E-state index contributed by atoms with van der Waals surface area (Å²) < 4.78 is 0. The molecular formula is C8H13N3O2. The van der Waals surface area contributed by atoms with E-state index in [9.17, 15) is 9.59 Å². The second-order valence-electron chi connectivity index (χ2n) is 2.31. The maximum absolute atomic E-state index is 11.2. The fraction of sp³-hybridized carbons (Fsp3) is 0.625. The molecule has 72 valence electrons. The lowest BCUT2D eigenvalue weighted by Crippen LogP contribution is -2.43. The van der Waals surface area contributed by atoms with E-state index in [0.717, 1.165) is 4.90 Å². The van der Waals surface area contributed by atoms with Gasteiger partial charge in [-0.2, -0.15) is 5.26 Å². The number of rotatable bonds is 3. The molecule has 0 fully saturated rings. The Bertz CT molecular complexity index is 232. The summed E-state index contributed by atoms with van der Waals surface area (Å²) in [6.07, 6.45) is -0.259. The zero-order valence-electron chi connectivity index (χ0n) is 7.83. The van der Waals surface area contributed by atoms with Gasteiger partial charge in [0.05, 0.1) is 6.07 Å². The summed E-state index contributed by atoms with van der Waals surface area (Å²) in [4.78, 5) is 23.3. The fourth-order valence-corrected chi connectivity index (χ4v) is 0.843. The molecule has 0 atom stereocenters. The van der Waals surface area contributed by atoms with E-state index in [-0.39, 0.29) is 13.0 Å². The molecule has 1 N–H and O–H groups in total. The number of urea groups is 1. The summed E-state index contributed by atoms with van der Waals surface area (Å²) in [5.74, 6) is -0.462. The van der Waals surface area contributed by atoms with Crippen LogP contribution in [0.3, 0.4) is 0 Å². The Morgan fingerprint density at radius 1 is 1.46 bits per heavy atom. The molecule has 0 spiro atoms. The van der Waals surface area contributed by atoms with Gasteiger partial charge in [0.25, 0.3) is 0 Å². The smallest absolute Gasteiger partial charge is 0.324 e. The van der Waals surface area contributed by atoms with Gasteiger partial charge in [-0.25, -0.2) is 4.79 Å². The number of carbonyl (C=O) groups is 2. The van der Waals surface area contributed by atoms with E-state index in [2.05, 4.69) is 5.32 Å². The minimum absolute atomic E-state index is 0.259. The minimum Gasteiger partial charge on any atom is -0.338 e. The molecule has 13 heavy (non-hydrogen) atoms. The molecule has 0 rings (SSSR count). The molecule has 0 aromatic heterocycles. The second-order valence-corrected chi connectivity index (χ2v) is 2.31. The van der Waals surface area contributed by atoms with Gasteiger partial charge in [-0.15, -0.1) is 0 Å². The van der Waals surface area contributed by atoms with Gasteiger partial charge >= 0.3 is 6.03 Å². The van der Waals surface area contributed by atoms with Gasteiger partial charge in [0.15, 0.2) is 0 Å². The van der Waals surface area contributed by atoms with E-state index in [1.807, 2.05) is 0 Å². The van der Waals surface area contributed by atoms with Crippen LogP contribution in [0.4, 0.5) is 4.79 Å². The van der Waals surface area contributed by atoms with Crippen LogP contribution < -0.4 is 5.32 Å². The first kappa shape index (κ1) is 11.4. The number of nitrogens with zero attached hydrogens (tertiary/aromatic N) is 2. The highest BCUT2D eigenvalue weighted by Gasteiger charge is 2.17. The Hall–Kier alpha value is -1.57. The van der Waals surface area contributed by atoms with Gasteiger partial charge in [-0.05, 0) is 13.8 Å². The van der Waals surface area contributed by atoms with E-state index in [4.69, 9.17) is 5.26 Å². The van der Waals surface area contributed by atoms with Crippen molar-refractivity contribution < 1.29 is 9.59 Å². The van der Waals surface area contributed by atoms with Crippen molar-refractivity contribution >= 4 is 11.9 Å². The lowest BCUT2D eigenvalue weighted by Gasteiger charge is -2.17. The summed E-state index contributed by atoms with van der Waals surface area (Å²) in [5.41, 5.74) is 0. The Morgan fingerprint density at radius 3 is 2.46 bits per heavy atom. The van der Waals surface area contributed by atoms with Crippen LogP contribution in [0.5, 0.6) is 0 Å². The molecular weight excluding hydrogens is 170 g/mol. The summed E-state index contributed by atoms with van der Waals surface area (Å²) in [5, 5.41) is 10.8. The molecule has 0 bridgehead atoms. The van der Waals surface area contributed by atoms with Crippen LogP contribution in [0.25, 0.3) is 0 Å². The quantitative estimate of drug-likeness (QED) is 0.691. The lowest BCUT2D eigenvalue weighted by atomic mass is 10.4. The maximum atomic E-state index is 11.2. The molecule has 5 heteroatoms. The van der Waals surface area contributed by atoms with Crippen LogP contribution in [0.15, 0.2) is 0 Å². The van der Waals surface area contributed by atoms with E-state index in [0.29, 0.717) is 6.54 Å². The fourth-order valence-electron chi connectivity index (χ4n) is 0.843. The Balaban J connectivity index is 4.25. The van der Waals surface area contributed by atoms with Crippen LogP contribution in [0.1, 0.15) is 20.3 Å². The van der Waals surface area contributed by atoms with Crippen LogP contribution in [0, 0.1) is 11.3 Å². The molecule has 0 saturated carbocycles. The first-order valence-electron chi connectivity index (χ1n) is 4.12. The lowest BCUT2D eigenvalue weighted by molar-refractivity contribution is -0.127. The highest BCUT2D eigenvalue weighted by atomic mass is 16.2. The van der Waals surface area contributed by atoms with Crippen LogP contribution in [-0.4, -0.2) is 29.9 Å². The highest BCUT2D eigenvalue weighted by molar-refractivity contribution is 5.95. The first-order valence-corrected chi connectivity index (χ1v) is 4.12. The number of hydrogen-bond acceptors (Lipinski definition) is 3. The minimum atomic E-state index is -0.462. The van der Waals surface area contributed by atoms with E-state index in [1.165, 1.54) is 0 Å². The van der Waals surface area contributed by atoms with Gasteiger partial charge in [0.2, 0.25) is 5.91 Å². The standard InChI is InChI=1S/C8H13N3O2/c1-3-10-8(13)11(4-2)7(12)5-6-9/h3-5H2,1-2H3,(H,10,13). The zero-order valence-corrected chi connectivity index (χ0v) is 7.83. The first-order chi connectivity index (χ1) is 6.17. The third-order valence-electron chi connectivity index (χ3n) is 1.42. The summed E-state index contributed by atoms with van der Waals surface area (Å²) in [6, 6.07) is 1.27. The summed E-state index contributed by atoms with van der Waals surface area (Å²) in [6.45, 7) is 4.20. The molecule has 3 amide bonds. The predicted octanol–water partition coefficient (Wildman–Crippen LogP) is 0.478. The number of carbonyl (C=O) groups excluding carboxylic acids is 2. The van der Waals surface area contributed by atoms with Gasteiger partial charge in [-0.3, -0.25) is 9.69 Å². The number of imide groups is 1. The van der Waals surface area contributed by atoms with E-state index < -0.39 is 11.9 Å². The van der Waals surface area contributed by atoms with Crippen molar-refractivity contribution in [3.63, 3.8) is 0 Å². The van der Waals surface area contributed by atoms with Crippen LogP contribution >= 0.6 is 0 Å². The summed E-state index contributed by atoms with van der Waals surface area (Å²) in [7, 11) is 0. The van der Waals surface area contributed by atoms with Crippen molar-refractivity contribution in [2.24, 2.45) is 0 Å². The van der Waals surface area contributed by atoms with Gasteiger partial charge < -0.3 is 5.32 Å². The third-order valence-corrected chi connectivity index (χ3v) is 1.42. The number of nitriles is 1. The van der Waals surface area contributed by atoms with E-state index in [1.54, 1.807) is 19.9 Å². The number of nitrogens with one attached hydrogen (secondary N) is 1. The SMILES string of the molecule is CCNC(=O)N(CC)C(=O)CC#N. The maximum Gasteiger partial charge on any atom is 0.324 e. The molecule has 5 nitrogen and oxygen atoms in total. The van der Waals surface area contributed by atoms with Crippen LogP contribution in [0.2, 0.25) is 0 Å². The second kappa shape index (κ2) is 6.00. The number of hydrogen-bond donors (Lipinski definition) is 1. The molecule has 0 unspecified atom stereocenters. The van der Waals surface area contributed by atoms with Gasteiger partial charge in [-0.1, -0.05) is 0 Å². The monoisotopic (exact) mass is 183 g/mol. The zero-order chi connectivity index (χ0) is 10.3. The Morgan fingerprint density at radius 2 is 2.08 bits per heavy atom. The van der Waals surface area contributed by atoms with Crippen LogP contribution in [-0.2, 0) is 4.79 Å². The molecule has 0 radical (unpaired) electrons. The molecule has 0 aliphatic heterocycles.